The minimum absolute atomic E-state index is 0.329. The maximum atomic E-state index is 11.7. The molecule has 5 heteroatoms. The Morgan fingerprint density at radius 1 is 1.12 bits per heavy atom. The number of amides is 2. The van der Waals surface area contributed by atoms with Gasteiger partial charge in [-0.05, 0) is 26.0 Å². The van der Waals surface area contributed by atoms with Crippen LogP contribution >= 0.6 is 0 Å². The summed E-state index contributed by atoms with van der Waals surface area (Å²) in [5.41, 5.74) is 0.663. The van der Waals surface area contributed by atoms with Gasteiger partial charge in [0.15, 0.2) is 0 Å². The summed E-state index contributed by atoms with van der Waals surface area (Å²) in [6.07, 6.45) is -1.12. The van der Waals surface area contributed by atoms with Crippen molar-refractivity contribution in [1.29, 1.82) is 0 Å². The van der Waals surface area contributed by atoms with Gasteiger partial charge in [0.25, 0.3) is 0 Å². The van der Waals surface area contributed by atoms with Crippen LogP contribution in [0.25, 0.3) is 0 Å². The number of aliphatic hydroxyl groups is 1. The van der Waals surface area contributed by atoms with Crippen LogP contribution in [0.2, 0.25) is 0 Å². The Hall–Kier alpha value is -1.88. The maximum Gasteiger partial charge on any atom is 0.249 e. The second-order valence-corrected chi connectivity index (χ2v) is 3.76. The molecular formula is C12H16N2O3. The molecule has 2 atom stereocenters. The van der Waals surface area contributed by atoms with Crippen LogP contribution in [0.1, 0.15) is 13.8 Å². The third-order valence-electron chi connectivity index (χ3n) is 2.17. The summed E-state index contributed by atoms with van der Waals surface area (Å²) >= 11 is 0. The number of benzene rings is 1. The third kappa shape index (κ3) is 4.24. The number of hydrogen-bond donors (Lipinski definition) is 3. The van der Waals surface area contributed by atoms with E-state index in [2.05, 4.69) is 10.6 Å². The van der Waals surface area contributed by atoms with Crippen LogP contribution < -0.4 is 10.6 Å². The second kappa shape index (κ2) is 6.00. The molecule has 0 aliphatic heterocycles. The lowest BCUT2D eigenvalue weighted by Gasteiger charge is -2.15. The summed E-state index contributed by atoms with van der Waals surface area (Å²) < 4.78 is 0. The van der Waals surface area contributed by atoms with E-state index in [0.29, 0.717) is 5.69 Å². The second-order valence-electron chi connectivity index (χ2n) is 3.76. The Morgan fingerprint density at radius 3 is 2.24 bits per heavy atom. The molecule has 2 unspecified atom stereocenters. The largest absolute Gasteiger partial charge is 0.384 e. The number of aliphatic hydroxyl groups excluding tert-OH is 1. The number of rotatable bonds is 4. The van der Waals surface area contributed by atoms with Gasteiger partial charge in [-0.2, -0.15) is 0 Å². The van der Waals surface area contributed by atoms with Gasteiger partial charge in [0.1, 0.15) is 12.1 Å². The van der Waals surface area contributed by atoms with Gasteiger partial charge in [-0.25, -0.2) is 0 Å². The van der Waals surface area contributed by atoms with Crippen LogP contribution in [0.3, 0.4) is 0 Å². The molecule has 0 heterocycles. The standard InChI is InChI=1S/C12H16N2O3/c1-8(13-12(17)9(2)15)11(16)14-10-6-4-3-5-7-10/h3-9,15H,1-2H3,(H,13,17)(H,14,16). The molecule has 1 aromatic rings. The van der Waals surface area contributed by atoms with Crippen molar-refractivity contribution in [3.63, 3.8) is 0 Å². The summed E-state index contributed by atoms with van der Waals surface area (Å²) in [6.45, 7) is 2.90. The number of carbonyl (C=O) groups is 2. The molecule has 17 heavy (non-hydrogen) atoms. The molecule has 0 spiro atoms. The monoisotopic (exact) mass is 236 g/mol. The van der Waals surface area contributed by atoms with Crippen LogP contribution in [0.4, 0.5) is 5.69 Å². The summed E-state index contributed by atoms with van der Waals surface area (Å²) in [5.74, 6) is -0.897. The first-order valence-corrected chi connectivity index (χ1v) is 5.35. The van der Waals surface area contributed by atoms with Gasteiger partial charge in [0.2, 0.25) is 11.8 Å². The highest BCUT2D eigenvalue weighted by Gasteiger charge is 2.17. The minimum atomic E-state index is -1.12. The van der Waals surface area contributed by atoms with Crippen LogP contribution in [0, 0.1) is 0 Å². The van der Waals surface area contributed by atoms with Crippen molar-refractivity contribution in [3.05, 3.63) is 30.3 Å². The molecule has 3 N–H and O–H groups in total. The molecule has 0 aliphatic rings. The first kappa shape index (κ1) is 13.2. The number of hydrogen-bond acceptors (Lipinski definition) is 3. The molecule has 1 aromatic carbocycles. The van der Waals surface area contributed by atoms with Crippen molar-refractivity contribution < 1.29 is 14.7 Å². The Balaban J connectivity index is 2.51. The van der Waals surface area contributed by atoms with Crippen molar-refractivity contribution in [3.8, 4) is 0 Å². The van der Waals surface area contributed by atoms with Gasteiger partial charge in [-0.1, -0.05) is 18.2 Å². The topological polar surface area (TPSA) is 78.4 Å². The Kier molecular flexibility index (Phi) is 4.66. The fraction of sp³-hybridized carbons (Fsp3) is 0.333. The van der Waals surface area contributed by atoms with E-state index in [1.165, 1.54) is 6.92 Å². The Labute approximate surface area is 99.8 Å². The summed E-state index contributed by atoms with van der Waals surface area (Å²) in [7, 11) is 0. The predicted molar refractivity (Wildman–Crippen MR) is 64.4 cm³/mol. The van der Waals surface area contributed by atoms with E-state index in [9.17, 15) is 9.59 Å². The van der Waals surface area contributed by atoms with Crippen LogP contribution in [-0.4, -0.2) is 29.1 Å². The van der Waals surface area contributed by atoms with Crippen molar-refractivity contribution in [1.82, 2.24) is 5.32 Å². The average molecular weight is 236 g/mol. The third-order valence-corrected chi connectivity index (χ3v) is 2.17. The zero-order valence-electron chi connectivity index (χ0n) is 9.81. The highest BCUT2D eigenvalue weighted by atomic mass is 16.3. The van der Waals surface area contributed by atoms with Gasteiger partial charge in [0, 0.05) is 5.69 Å². The summed E-state index contributed by atoms with van der Waals surface area (Å²) in [5, 5.41) is 14.0. The Bertz CT molecular complexity index is 390. The lowest BCUT2D eigenvalue weighted by atomic mass is 10.2. The van der Waals surface area contributed by atoms with E-state index in [1.807, 2.05) is 6.07 Å². The first-order valence-electron chi connectivity index (χ1n) is 5.35. The van der Waals surface area contributed by atoms with Crippen molar-refractivity contribution in [2.24, 2.45) is 0 Å². The first-order chi connectivity index (χ1) is 8.00. The molecule has 0 fully saturated rings. The van der Waals surface area contributed by atoms with Crippen LogP contribution in [-0.2, 0) is 9.59 Å². The summed E-state index contributed by atoms with van der Waals surface area (Å²) in [6, 6.07) is 8.25. The maximum absolute atomic E-state index is 11.7. The molecule has 0 saturated heterocycles. The van der Waals surface area contributed by atoms with Crippen LogP contribution in [0.15, 0.2) is 30.3 Å². The molecule has 0 bridgehead atoms. The number of anilines is 1. The van der Waals surface area contributed by atoms with E-state index in [0.717, 1.165) is 0 Å². The van der Waals surface area contributed by atoms with Crippen molar-refractivity contribution in [2.45, 2.75) is 26.0 Å². The molecule has 92 valence electrons. The van der Waals surface area contributed by atoms with Gasteiger partial charge in [-0.3, -0.25) is 9.59 Å². The SMILES string of the molecule is CC(O)C(=O)NC(C)C(=O)Nc1ccccc1. The van der Waals surface area contributed by atoms with E-state index in [-0.39, 0.29) is 5.91 Å². The molecule has 1 rings (SSSR count). The molecule has 0 saturated carbocycles. The van der Waals surface area contributed by atoms with E-state index in [1.54, 1.807) is 31.2 Å². The number of nitrogens with one attached hydrogen (secondary N) is 2. The van der Waals surface area contributed by atoms with E-state index in [4.69, 9.17) is 5.11 Å². The lowest BCUT2D eigenvalue weighted by molar-refractivity contribution is -0.131. The van der Waals surface area contributed by atoms with Crippen molar-refractivity contribution in [2.75, 3.05) is 5.32 Å². The predicted octanol–water partition coefficient (Wildman–Crippen LogP) is 0.511. The molecule has 0 aromatic heterocycles. The van der Waals surface area contributed by atoms with E-state index >= 15 is 0 Å². The quantitative estimate of drug-likeness (QED) is 0.712. The molecule has 0 aliphatic carbocycles. The summed E-state index contributed by atoms with van der Waals surface area (Å²) in [4.78, 5) is 22.8. The number of carbonyl (C=O) groups excluding carboxylic acids is 2. The molecule has 5 nitrogen and oxygen atoms in total. The van der Waals surface area contributed by atoms with Crippen molar-refractivity contribution >= 4 is 17.5 Å². The lowest BCUT2D eigenvalue weighted by Crippen LogP contribution is -2.45. The zero-order chi connectivity index (χ0) is 12.8. The molecular weight excluding hydrogens is 220 g/mol. The fourth-order valence-corrected chi connectivity index (χ4v) is 1.17. The molecule has 0 radical (unpaired) electrons. The Morgan fingerprint density at radius 2 is 1.71 bits per heavy atom. The highest BCUT2D eigenvalue weighted by molar-refractivity contribution is 5.97. The fourth-order valence-electron chi connectivity index (χ4n) is 1.17. The normalized spacial score (nSPS) is 13.6. The smallest absolute Gasteiger partial charge is 0.249 e. The van der Waals surface area contributed by atoms with Crippen LogP contribution in [0.5, 0.6) is 0 Å². The van der Waals surface area contributed by atoms with Gasteiger partial charge < -0.3 is 15.7 Å². The van der Waals surface area contributed by atoms with Gasteiger partial charge in [-0.15, -0.1) is 0 Å². The minimum Gasteiger partial charge on any atom is -0.384 e. The highest BCUT2D eigenvalue weighted by Crippen LogP contribution is 2.05. The average Bonchev–Trinajstić information content (AvgIpc) is 2.29. The van der Waals surface area contributed by atoms with Gasteiger partial charge >= 0.3 is 0 Å². The zero-order valence-corrected chi connectivity index (χ0v) is 9.81. The van der Waals surface area contributed by atoms with Gasteiger partial charge in [0.05, 0.1) is 0 Å². The molecule has 2 amide bonds. The number of para-hydroxylation sites is 1. The van der Waals surface area contributed by atoms with E-state index < -0.39 is 18.1 Å².